The van der Waals surface area contributed by atoms with E-state index in [1.54, 1.807) is 6.20 Å². The molecule has 8 nitrogen and oxygen atoms in total. The predicted octanol–water partition coefficient (Wildman–Crippen LogP) is 0.0117. The third-order valence-electron chi connectivity index (χ3n) is 3.10. The second-order valence-corrected chi connectivity index (χ2v) is 4.74. The first-order valence-corrected chi connectivity index (χ1v) is 6.20. The Balaban J connectivity index is 1.78. The van der Waals surface area contributed by atoms with Crippen LogP contribution in [0.15, 0.2) is 23.5 Å². The van der Waals surface area contributed by atoms with Crippen LogP contribution in [-0.2, 0) is 20.1 Å². The Morgan fingerprint density at radius 2 is 2.20 bits per heavy atom. The van der Waals surface area contributed by atoms with Crippen LogP contribution in [0.5, 0.6) is 0 Å². The molecule has 0 amide bonds. The van der Waals surface area contributed by atoms with Crippen molar-refractivity contribution in [1.29, 1.82) is 0 Å². The van der Waals surface area contributed by atoms with Gasteiger partial charge in [-0.2, -0.15) is 0 Å². The highest BCUT2D eigenvalue weighted by atomic mass is 16.1. The summed E-state index contributed by atoms with van der Waals surface area (Å²) in [6, 6.07) is 0. The van der Waals surface area contributed by atoms with Crippen LogP contribution in [0.25, 0.3) is 11.2 Å². The van der Waals surface area contributed by atoms with Crippen LogP contribution in [0.3, 0.4) is 0 Å². The number of aromatic nitrogens is 6. The molecule has 0 spiro atoms. The smallest absolute Gasteiger partial charge is 0.277 e. The van der Waals surface area contributed by atoms with Crippen LogP contribution < -0.4 is 5.56 Å². The Kier molecular flexibility index (Phi) is 3.07. The fourth-order valence-electron chi connectivity index (χ4n) is 2.06. The first-order valence-electron chi connectivity index (χ1n) is 6.20. The van der Waals surface area contributed by atoms with E-state index in [-0.39, 0.29) is 5.56 Å². The largest absolute Gasteiger partial charge is 0.339 e. The monoisotopic (exact) mass is 273 g/mol. The second kappa shape index (κ2) is 4.89. The van der Waals surface area contributed by atoms with E-state index in [9.17, 15) is 4.79 Å². The molecule has 0 aromatic carbocycles. The van der Waals surface area contributed by atoms with Gasteiger partial charge >= 0.3 is 0 Å². The van der Waals surface area contributed by atoms with E-state index in [1.807, 2.05) is 29.8 Å². The number of nitrogens with one attached hydrogen (secondary N) is 2. The Bertz CT molecular complexity index is 784. The van der Waals surface area contributed by atoms with E-state index < -0.39 is 0 Å². The quantitative estimate of drug-likeness (QED) is 0.698. The van der Waals surface area contributed by atoms with Gasteiger partial charge < -0.3 is 14.5 Å². The van der Waals surface area contributed by atoms with Gasteiger partial charge in [-0.1, -0.05) is 0 Å². The fraction of sp³-hybridized carbons (Fsp3) is 0.333. The first-order chi connectivity index (χ1) is 9.63. The zero-order valence-electron chi connectivity index (χ0n) is 11.3. The van der Waals surface area contributed by atoms with Gasteiger partial charge in [0.2, 0.25) is 0 Å². The van der Waals surface area contributed by atoms with Crippen molar-refractivity contribution in [3.8, 4) is 0 Å². The van der Waals surface area contributed by atoms with E-state index in [1.165, 1.54) is 6.33 Å². The molecule has 3 aromatic heterocycles. The highest BCUT2D eigenvalue weighted by Crippen LogP contribution is 2.04. The van der Waals surface area contributed by atoms with E-state index in [0.717, 1.165) is 5.82 Å². The number of rotatable bonds is 4. The van der Waals surface area contributed by atoms with Crippen molar-refractivity contribution in [1.82, 2.24) is 34.4 Å². The van der Waals surface area contributed by atoms with E-state index in [2.05, 4.69) is 24.9 Å². The molecular formula is C12H15N7O. The number of H-pyrrole nitrogens is 2. The topological polar surface area (TPSA) is 95.5 Å². The van der Waals surface area contributed by atoms with Gasteiger partial charge in [0, 0.05) is 19.4 Å². The molecule has 2 N–H and O–H groups in total. The van der Waals surface area contributed by atoms with Gasteiger partial charge in [-0.15, -0.1) is 0 Å². The molecule has 104 valence electrons. The number of fused-ring (bicyclic) bond motifs is 1. The summed E-state index contributed by atoms with van der Waals surface area (Å²) in [5, 5.41) is 0. The summed E-state index contributed by atoms with van der Waals surface area (Å²) in [5.41, 5.74) is 0.641. The first kappa shape index (κ1) is 12.5. The zero-order valence-corrected chi connectivity index (χ0v) is 11.3. The van der Waals surface area contributed by atoms with E-state index in [0.29, 0.717) is 30.1 Å². The van der Waals surface area contributed by atoms with Crippen molar-refractivity contribution in [2.24, 2.45) is 7.05 Å². The lowest BCUT2D eigenvalue weighted by molar-refractivity contribution is 0.299. The highest BCUT2D eigenvalue weighted by molar-refractivity contribution is 5.67. The standard InChI is InChI=1S/C12H15N7O/c1-18(6-9-13-3-4-19(9)2)5-8-16-11-10(12(20)17-8)14-7-15-11/h3-4,7H,5-6H2,1-2H3,(H2,14,15,16,17,20). The van der Waals surface area contributed by atoms with Crippen molar-refractivity contribution in [2.75, 3.05) is 7.05 Å². The summed E-state index contributed by atoms with van der Waals surface area (Å²) in [7, 11) is 3.90. The lowest BCUT2D eigenvalue weighted by Crippen LogP contribution is -2.23. The number of aromatic amines is 2. The molecule has 0 bridgehead atoms. The highest BCUT2D eigenvalue weighted by Gasteiger charge is 2.09. The molecule has 0 fully saturated rings. The van der Waals surface area contributed by atoms with Gasteiger partial charge in [0.05, 0.1) is 19.4 Å². The normalized spacial score (nSPS) is 11.6. The average molecular weight is 273 g/mol. The van der Waals surface area contributed by atoms with Crippen molar-refractivity contribution in [3.05, 3.63) is 40.7 Å². The van der Waals surface area contributed by atoms with Crippen LogP contribution >= 0.6 is 0 Å². The van der Waals surface area contributed by atoms with Crippen molar-refractivity contribution in [3.63, 3.8) is 0 Å². The molecule has 20 heavy (non-hydrogen) atoms. The molecule has 0 atom stereocenters. The van der Waals surface area contributed by atoms with Gasteiger partial charge in [0.25, 0.3) is 5.56 Å². The molecule has 3 aromatic rings. The van der Waals surface area contributed by atoms with E-state index >= 15 is 0 Å². The molecule has 8 heteroatoms. The summed E-state index contributed by atoms with van der Waals surface area (Å²) >= 11 is 0. The van der Waals surface area contributed by atoms with Gasteiger partial charge in [-0.3, -0.25) is 9.69 Å². The minimum Gasteiger partial charge on any atom is -0.339 e. The Labute approximate surface area is 114 Å². The number of nitrogens with zero attached hydrogens (tertiary/aromatic N) is 5. The maximum atomic E-state index is 11.8. The molecule has 3 heterocycles. The molecule has 0 aliphatic carbocycles. The molecule has 0 radical (unpaired) electrons. The average Bonchev–Trinajstić information content (AvgIpc) is 2.99. The molecule has 0 saturated heterocycles. The van der Waals surface area contributed by atoms with Crippen molar-refractivity contribution >= 4 is 11.2 Å². The summed E-state index contributed by atoms with van der Waals surface area (Å²) in [5.74, 6) is 1.54. The van der Waals surface area contributed by atoms with Gasteiger partial charge in [0.1, 0.15) is 11.6 Å². The summed E-state index contributed by atoms with van der Waals surface area (Å²) in [6.07, 6.45) is 5.13. The second-order valence-electron chi connectivity index (χ2n) is 4.74. The molecule has 3 rings (SSSR count). The Morgan fingerprint density at radius 1 is 1.35 bits per heavy atom. The van der Waals surface area contributed by atoms with Gasteiger partial charge in [-0.25, -0.2) is 15.0 Å². The SMILES string of the molecule is CN(Cc1nc2nc[nH]c2c(=O)[nH]1)Cc1nccn1C. The Morgan fingerprint density at radius 3 is 2.95 bits per heavy atom. The molecule has 0 aliphatic heterocycles. The zero-order chi connectivity index (χ0) is 14.1. The van der Waals surface area contributed by atoms with Crippen LogP contribution in [0.2, 0.25) is 0 Å². The van der Waals surface area contributed by atoms with Crippen molar-refractivity contribution in [2.45, 2.75) is 13.1 Å². The van der Waals surface area contributed by atoms with Gasteiger partial charge in [0.15, 0.2) is 11.2 Å². The van der Waals surface area contributed by atoms with Crippen LogP contribution in [0.1, 0.15) is 11.6 Å². The number of hydrogen-bond acceptors (Lipinski definition) is 5. The Hall–Kier alpha value is -2.48. The van der Waals surface area contributed by atoms with E-state index in [4.69, 9.17) is 0 Å². The third-order valence-corrected chi connectivity index (χ3v) is 3.10. The molecule has 0 aliphatic rings. The van der Waals surface area contributed by atoms with Crippen molar-refractivity contribution < 1.29 is 0 Å². The number of aryl methyl sites for hydroxylation is 1. The van der Waals surface area contributed by atoms with Crippen LogP contribution in [0.4, 0.5) is 0 Å². The minimum atomic E-state index is -0.201. The summed E-state index contributed by atoms with van der Waals surface area (Å²) < 4.78 is 1.96. The minimum absolute atomic E-state index is 0.201. The van der Waals surface area contributed by atoms with Crippen LogP contribution in [0, 0.1) is 0 Å². The van der Waals surface area contributed by atoms with Gasteiger partial charge in [-0.05, 0) is 7.05 Å². The lowest BCUT2D eigenvalue weighted by Gasteiger charge is -2.15. The maximum Gasteiger partial charge on any atom is 0.277 e. The fourth-order valence-corrected chi connectivity index (χ4v) is 2.06. The predicted molar refractivity (Wildman–Crippen MR) is 72.9 cm³/mol. The third kappa shape index (κ3) is 2.32. The molecular weight excluding hydrogens is 258 g/mol. The summed E-state index contributed by atoms with van der Waals surface area (Å²) in [4.78, 5) is 32.0. The lowest BCUT2D eigenvalue weighted by atomic mass is 10.4. The summed E-state index contributed by atoms with van der Waals surface area (Å²) in [6.45, 7) is 1.19. The number of imidazole rings is 2. The maximum absolute atomic E-state index is 11.8. The molecule has 0 saturated carbocycles. The number of hydrogen-bond donors (Lipinski definition) is 2. The molecule has 0 unspecified atom stereocenters. The van der Waals surface area contributed by atoms with Crippen LogP contribution in [-0.4, -0.2) is 41.4 Å².